The first-order valence-electron chi connectivity index (χ1n) is 11.4. The first-order chi connectivity index (χ1) is 17.3. The molecule has 0 atom stereocenters. The quantitative estimate of drug-likeness (QED) is 0.168. The zero-order chi connectivity index (χ0) is 25.8. The third kappa shape index (κ3) is 4.63. The number of nitro benzene ring substituents is 1. The van der Waals surface area contributed by atoms with Crippen molar-refractivity contribution in [2.75, 3.05) is 6.61 Å². The van der Waals surface area contributed by atoms with Crippen molar-refractivity contribution in [2.24, 2.45) is 4.99 Å². The van der Waals surface area contributed by atoms with E-state index in [4.69, 9.17) is 4.74 Å². The molecule has 184 valence electrons. The van der Waals surface area contributed by atoms with E-state index in [1.54, 1.807) is 35.9 Å². The van der Waals surface area contributed by atoms with Crippen LogP contribution in [-0.2, 0) is 11.3 Å². The highest BCUT2D eigenvalue weighted by atomic mass is 16.6. The Labute approximate surface area is 204 Å². The zero-order valence-electron chi connectivity index (χ0n) is 19.7. The molecule has 0 aliphatic carbocycles. The van der Waals surface area contributed by atoms with Crippen LogP contribution in [0.3, 0.4) is 0 Å². The fraction of sp³-hybridized carbons (Fsp3) is 0.240. The second-order valence-electron chi connectivity index (χ2n) is 7.91. The Balaban J connectivity index is 2.09. The summed E-state index contributed by atoms with van der Waals surface area (Å²) < 4.78 is 8.13. The fourth-order valence-corrected chi connectivity index (χ4v) is 3.80. The van der Waals surface area contributed by atoms with E-state index in [9.17, 15) is 24.5 Å². The lowest BCUT2D eigenvalue weighted by molar-refractivity contribution is -0.384. The number of hydrogen-bond donors (Lipinski definition) is 0. The Bertz CT molecular complexity index is 1640. The minimum atomic E-state index is -0.786. The van der Waals surface area contributed by atoms with E-state index in [-0.39, 0.29) is 45.5 Å². The molecule has 0 aliphatic rings. The van der Waals surface area contributed by atoms with Gasteiger partial charge in [0.15, 0.2) is 5.49 Å². The molecule has 0 aliphatic heterocycles. The molecule has 0 saturated carbocycles. The van der Waals surface area contributed by atoms with Gasteiger partial charge < -0.3 is 9.30 Å². The largest absolute Gasteiger partial charge is 0.462 e. The Hall–Kier alpha value is -4.67. The number of fused-ring (bicyclic) bond motifs is 2. The lowest BCUT2D eigenvalue weighted by Crippen LogP contribution is -2.33. The van der Waals surface area contributed by atoms with Crippen LogP contribution in [-0.4, -0.2) is 37.4 Å². The standard InChI is InChI=1S/C25H23N5O6/c1-3-5-12-29-21-18(24(32)28-13-7-6-11-20(28)26-21)15-19(25(33)36-4-2)22(29)27-23(31)16-9-8-10-17(14-16)30(34)35/h6-11,13-15H,3-5,12H2,1-2H3. The van der Waals surface area contributed by atoms with Gasteiger partial charge in [0.2, 0.25) is 0 Å². The Kier molecular flexibility index (Phi) is 7.00. The lowest BCUT2D eigenvalue weighted by atomic mass is 10.1. The number of nitro groups is 1. The molecule has 11 heteroatoms. The summed E-state index contributed by atoms with van der Waals surface area (Å²) in [5, 5.41) is 11.3. The Morgan fingerprint density at radius 3 is 2.67 bits per heavy atom. The molecule has 4 aromatic rings. The summed E-state index contributed by atoms with van der Waals surface area (Å²) in [4.78, 5) is 58.7. The average molecular weight is 489 g/mol. The molecule has 0 radical (unpaired) electrons. The van der Waals surface area contributed by atoms with E-state index in [1.807, 2.05) is 6.92 Å². The molecular formula is C25H23N5O6. The second-order valence-corrected chi connectivity index (χ2v) is 7.91. The molecule has 0 N–H and O–H groups in total. The maximum atomic E-state index is 13.3. The van der Waals surface area contributed by atoms with E-state index in [1.165, 1.54) is 28.7 Å². The van der Waals surface area contributed by atoms with E-state index < -0.39 is 16.8 Å². The highest BCUT2D eigenvalue weighted by molar-refractivity contribution is 5.97. The minimum absolute atomic E-state index is 0.0207. The highest BCUT2D eigenvalue weighted by Crippen LogP contribution is 2.15. The van der Waals surface area contributed by atoms with E-state index in [0.717, 1.165) is 12.5 Å². The van der Waals surface area contributed by atoms with Gasteiger partial charge in [-0.1, -0.05) is 25.5 Å². The summed E-state index contributed by atoms with van der Waals surface area (Å²) in [6.07, 6.45) is 3.01. The number of unbranched alkanes of at least 4 members (excludes halogenated alkanes) is 1. The molecule has 1 aromatic carbocycles. The summed E-state index contributed by atoms with van der Waals surface area (Å²) in [6.45, 7) is 4.00. The van der Waals surface area contributed by atoms with Crippen LogP contribution < -0.4 is 11.0 Å². The fourth-order valence-electron chi connectivity index (χ4n) is 3.80. The third-order valence-electron chi connectivity index (χ3n) is 5.53. The predicted octanol–water partition coefficient (Wildman–Crippen LogP) is 3.28. The number of aromatic nitrogens is 3. The molecule has 11 nitrogen and oxygen atoms in total. The number of pyridine rings is 2. The number of hydrogen-bond acceptors (Lipinski definition) is 7. The molecule has 0 spiro atoms. The molecule has 0 bridgehead atoms. The number of benzene rings is 1. The van der Waals surface area contributed by atoms with Crippen molar-refractivity contribution in [3.8, 4) is 0 Å². The van der Waals surface area contributed by atoms with Gasteiger partial charge in [-0.2, -0.15) is 4.99 Å². The number of nitrogens with zero attached hydrogens (tertiary/aromatic N) is 5. The summed E-state index contributed by atoms with van der Waals surface area (Å²) >= 11 is 0. The van der Waals surface area contributed by atoms with E-state index >= 15 is 0 Å². The van der Waals surface area contributed by atoms with Crippen LogP contribution in [0.5, 0.6) is 0 Å². The molecule has 0 unspecified atom stereocenters. The van der Waals surface area contributed by atoms with Crippen LogP contribution in [0, 0.1) is 10.1 Å². The first kappa shape index (κ1) is 24.5. The molecule has 4 rings (SSSR count). The van der Waals surface area contributed by atoms with Crippen molar-refractivity contribution in [1.29, 1.82) is 0 Å². The number of ether oxygens (including phenoxy) is 1. The van der Waals surface area contributed by atoms with Crippen LogP contribution in [0.4, 0.5) is 5.69 Å². The van der Waals surface area contributed by atoms with Crippen molar-refractivity contribution >= 4 is 34.2 Å². The van der Waals surface area contributed by atoms with Crippen molar-refractivity contribution in [2.45, 2.75) is 33.2 Å². The summed E-state index contributed by atoms with van der Waals surface area (Å²) in [5.41, 5.74) is -0.124. The van der Waals surface area contributed by atoms with Crippen LogP contribution in [0.1, 0.15) is 47.4 Å². The topological polar surface area (TPSA) is 138 Å². The van der Waals surface area contributed by atoms with E-state index in [0.29, 0.717) is 18.6 Å². The summed E-state index contributed by atoms with van der Waals surface area (Å²) in [6, 6.07) is 11.6. The van der Waals surface area contributed by atoms with Crippen LogP contribution in [0.25, 0.3) is 16.7 Å². The molecular weight excluding hydrogens is 466 g/mol. The highest BCUT2D eigenvalue weighted by Gasteiger charge is 2.20. The maximum Gasteiger partial charge on any atom is 0.341 e. The SMILES string of the molecule is CCCCn1c(=NC(=O)c2cccc([N+](=O)[O-])c2)c(C(=O)OCC)cc2c(=O)n3ccccc3nc21. The number of rotatable bonds is 7. The normalized spacial score (nSPS) is 11.7. The molecule has 3 heterocycles. The molecule has 0 saturated heterocycles. The van der Waals surface area contributed by atoms with Gasteiger partial charge in [0, 0.05) is 30.4 Å². The predicted molar refractivity (Wildman–Crippen MR) is 131 cm³/mol. The van der Waals surface area contributed by atoms with Crippen molar-refractivity contribution in [3.63, 3.8) is 0 Å². The average Bonchev–Trinajstić information content (AvgIpc) is 2.88. The van der Waals surface area contributed by atoms with Gasteiger partial charge in [-0.05, 0) is 37.6 Å². The number of non-ortho nitro benzene ring substituents is 1. The van der Waals surface area contributed by atoms with Gasteiger partial charge in [0.05, 0.1) is 16.9 Å². The number of carbonyl (C=O) groups excluding carboxylic acids is 2. The molecule has 3 aromatic heterocycles. The zero-order valence-corrected chi connectivity index (χ0v) is 19.7. The van der Waals surface area contributed by atoms with Crippen molar-refractivity contribution in [3.05, 3.63) is 91.8 Å². The van der Waals surface area contributed by atoms with Crippen molar-refractivity contribution in [1.82, 2.24) is 14.0 Å². The van der Waals surface area contributed by atoms with Gasteiger partial charge in [0.25, 0.3) is 17.2 Å². The van der Waals surface area contributed by atoms with Gasteiger partial charge in [-0.15, -0.1) is 0 Å². The third-order valence-corrected chi connectivity index (χ3v) is 5.53. The Morgan fingerprint density at radius 2 is 1.94 bits per heavy atom. The smallest absolute Gasteiger partial charge is 0.341 e. The number of esters is 1. The van der Waals surface area contributed by atoms with Gasteiger partial charge in [0.1, 0.15) is 16.9 Å². The molecule has 1 amide bonds. The molecule has 36 heavy (non-hydrogen) atoms. The maximum absolute atomic E-state index is 13.3. The second kappa shape index (κ2) is 10.3. The van der Waals surface area contributed by atoms with Crippen LogP contribution >= 0.6 is 0 Å². The lowest BCUT2D eigenvalue weighted by Gasteiger charge is -2.15. The number of amides is 1. The summed E-state index contributed by atoms with van der Waals surface area (Å²) in [5.74, 6) is -1.54. The molecule has 0 fully saturated rings. The first-order valence-corrected chi connectivity index (χ1v) is 11.4. The van der Waals surface area contributed by atoms with E-state index in [2.05, 4.69) is 9.98 Å². The van der Waals surface area contributed by atoms with Crippen molar-refractivity contribution < 1.29 is 19.2 Å². The minimum Gasteiger partial charge on any atom is -0.462 e. The number of aryl methyl sites for hydroxylation is 1. The summed E-state index contributed by atoms with van der Waals surface area (Å²) in [7, 11) is 0. The Morgan fingerprint density at radius 1 is 1.14 bits per heavy atom. The number of carbonyl (C=O) groups is 2. The van der Waals surface area contributed by atoms with Gasteiger partial charge in [-0.25, -0.2) is 9.78 Å². The van der Waals surface area contributed by atoms with Crippen LogP contribution in [0.2, 0.25) is 0 Å². The monoisotopic (exact) mass is 489 g/mol. The van der Waals surface area contributed by atoms with Crippen LogP contribution in [0.15, 0.2) is 64.5 Å². The van der Waals surface area contributed by atoms with Gasteiger partial charge in [-0.3, -0.25) is 24.1 Å². The van der Waals surface area contributed by atoms with Gasteiger partial charge >= 0.3 is 5.97 Å².